The van der Waals surface area contributed by atoms with Crippen LogP contribution in [0.4, 0.5) is 0 Å². The number of hydrogen-bond donors (Lipinski definition) is 0. The monoisotopic (exact) mass is 658 g/mol. The summed E-state index contributed by atoms with van der Waals surface area (Å²) < 4.78 is 41.5. The molecule has 0 bridgehead atoms. The molecule has 4 aromatic rings. The van der Waals surface area contributed by atoms with Gasteiger partial charge in [0.1, 0.15) is 6.61 Å². The molecule has 3 heterocycles. The molecule has 3 aromatic carbocycles. The minimum Gasteiger partial charge on any atom is -0.490 e. The van der Waals surface area contributed by atoms with Crippen molar-refractivity contribution >= 4 is 23.4 Å². The molecule has 0 radical (unpaired) electrons. The van der Waals surface area contributed by atoms with Crippen LogP contribution in [-0.2, 0) is 16.1 Å². The fourth-order valence-corrected chi connectivity index (χ4v) is 6.30. The van der Waals surface area contributed by atoms with Gasteiger partial charge in [0.2, 0.25) is 6.79 Å². The van der Waals surface area contributed by atoms with E-state index in [-0.39, 0.29) is 17.9 Å². The highest BCUT2D eigenvalue weighted by Gasteiger charge is 2.31. The van der Waals surface area contributed by atoms with E-state index >= 15 is 0 Å². The molecule has 0 spiro atoms. The van der Waals surface area contributed by atoms with E-state index in [0.29, 0.717) is 75.8 Å². The lowest BCUT2D eigenvalue weighted by atomic mass is 9.97. The number of rotatable bonds is 12. The molecular formula is C35H34N2O9S. The summed E-state index contributed by atoms with van der Waals surface area (Å²) in [6.45, 7) is 7.46. The van der Waals surface area contributed by atoms with Crippen LogP contribution in [0.25, 0.3) is 6.08 Å². The molecule has 0 aliphatic carbocycles. The van der Waals surface area contributed by atoms with Crippen LogP contribution in [0.3, 0.4) is 0 Å². The number of benzene rings is 3. The highest BCUT2D eigenvalue weighted by Crippen LogP contribution is 2.36. The molecule has 47 heavy (non-hydrogen) atoms. The van der Waals surface area contributed by atoms with Gasteiger partial charge in [-0.05, 0) is 79.9 Å². The summed E-state index contributed by atoms with van der Waals surface area (Å²) in [5.74, 6) is 3.00. The zero-order chi connectivity index (χ0) is 32.9. The molecule has 12 heteroatoms. The number of fused-ring (bicyclic) bond motifs is 2. The van der Waals surface area contributed by atoms with E-state index in [4.69, 9.17) is 33.2 Å². The Morgan fingerprint density at radius 2 is 1.60 bits per heavy atom. The van der Waals surface area contributed by atoms with E-state index in [1.807, 2.05) is 63.2 Å². The number of ether oxygens (including phenoxy) is 7. The molecule has 2 aliphatic heterocycles. The van der Waals surface area contributed by atoms with E-state index in [1.54, 1.807) is 18.2 Å². The van der Waals surface area contributed by atoms with Gasteiger partial charge >= 0.3 is 5.97 Å². The number of aromatic nitrogens is 1. The Hall–Kier alpha value is -5.23. The summed E-state index contributed by atoms with van der Waals surface area (Å²) in [6, 6.07) is 15.8. The molecule has 0 amide bonds. The quantitative estimate of drug-likeness (QED) is 0.203. The maximum absolute atomic E-state index is 14.0. The first-order valence-electron chi connectivity index (χ1n) is 15.2. The predicted molar refractivity (Wildman–Crippen MR) is 174 cm³/mol. The van der Waals surface area contributed by atoms with Gasteiger partial charge in [-0.25, -0.2) is 9.79 Å². The third-order valence-electron chi connectivity index (χ3n) is 7.40. The third kappa shape index (κ3) is 6.54. The standard InChI is InChI=1S/C35H34N2O9S/c1-5-41-25-13-10-23(17-30(25)43-7-3)32-24(34(39)40-4)18-36-35-37(32)33(38)31(47-35)16-21-8-11-26(28(14-21)42-6-2)44-19-22-9-12-27-29(15-22)46-20-45-27/h8-18,32H,5-7,19-20H2,1-4H3/b31-16-/t32-/m1/s1. The molecular weight excluding hydrogens is 624 g/mol. The summed E-state index contributed by atoms with van der Waals surface area (Å²) in [6.07, 6.45) is 3.23. The number of thiazole rings is 1. The highest BCUT2D eigenvalue weighted by atomic mass is 32.1. The van der Waals surface area contributed by atoms with Crippen LogP contribution in [0.2, 0.25) is 0 Å². The highest BCUT2D eigenvalue weighted by molar-refractivity contribution is 7.07. The van der Waals surface area contributed by atoms with Crippen molar-refractivity contribution in [1.29, 1.82) is 0 Å². The molecule has 2 aliphatic rings. The molecule has 0 saturated heterocycles. The molecule has 0 fully saturated rings. The summed E-state index contributed by atoms with van der Waals surface area (Å²) >= 11 is 1.22. The molecule has 244 valence electrons. The molecule has 0 saturated carbocycles. The first-order chi connectivity index (χ1) is 22.9. The average molecular weight is 659 g/mol. The zero-order valence-corrected chi connectivity index (χ0v) is 27.3. The minimum atomic E-state index is -0.790. The first kappa shape index (κ1) is 31.7. The van der Waals surface area contributed by atoms with E-state index < -0.39 is 12.0 Å². The fourth-order valence-electron chi connectivity index (χ4n) is 5.33. The molecule has 1 aromatic heterocycles. The first-order valence-corrected chi connectivity index (χ1v) is 16.0. The van der Waals surface area contributed by atoms with Gasteiger partial charge in [-0.3, -0.25) is 9.36 Å². The van der Waals surface area contributed by atoms with Gasteiger partial charge in [-0.15, -0.1) is 0 Å². The summed E-state index contributed by atoms with van der Waals surface area (Å²) in [5.41, 5.74) is 2.22. The van der Waals surface area contributed by atoms with Gasteiger partial charge < -0.3 is 33.2 Å². The van der Waals surface area contributed by atoms with E-state index in [9.17, 15) is 9.59 Å². The van der Waals surface area contributed by atoms with E-state index in [2.05, 4.69) is 4.99 Å². The predicted octanol–water partition coefficient (Wildman–Crippen LogP) is 4.52. The Balaban J connectivity index is 1.35. The third-order valence-corrected chi connectivity index (χ3v) is 8.40. The van der Waals surface area contributed by atoms with E-state index in [0.717, 1.165) is 11.1 Å². The van der Waals surface area contributed by atoms with Crippen molar-refractivity contribution in [3.8, 4) is 34.5 Å². The van der Waals surface area contributed by atoms with Crippen LogP contribution in [0, 0.1) is 0 Å². The normalized spacial score (nSPS) is 14.9. The average Bonchev–Trinajstić information content (AvgIpc) is 3.68. The van der Waals surface area contributed by atoms with Crippen molar-refractivity contribution in [2.75, 3.05) is 33.7 Å². The second kappa shape index (κ2) is 14.0. The number of esters is 1. The summed E-state index contributed by atoms with van der Waals surface area (Å²) in [5, 5.41) is 0. The van der Waals surface area contributed by atoms with Crippen LogP contribution in [-0.4, -0.2) is 44.3 Å². The van der Waals surface area contributed by atoms with Crippen molar-refractivity contribution in [3.05, 3.63) is 103 Å². The maximum Gasteiger partial charge on any atom is 0.337 e. The number of hydrogen-bond acceptors (Lipinski definition) is 11. The Morgan fingerprint density at radius 1 is 0.894 bits per heavy atom. The van der Waals surface area contributed by atoms with Crippen molar-refractivity contribution in [2.45, 2.75) is 33.4 Å². The van der Waals surface area contributed by atoms with E-state index in [1.165, 1.54) is 29.2 Å². The number of nitrogens with zero attached hydrogens (tertiary/aromatic N) is 2. The van der Waals surface area contributed by atoms with Gasteiger partial charge in [-0.1, -0.05) is 29.5 Å². The van der Waals surface area contributed by atoms with Crippen molar-refractivity contribution in [2.24, 2.45) is 4.99 Å². The van der Waals surface area contributed by atoms with Crippen molar-refractivity contribution in [1.82, 2.24) is 4.57 Å². The number of carbonyl (C=O) groups excluding carboxylic acids is 1. The van der Waals surface area contributed by atoms with Crippen LogP contribution in [0.15, 0.2) is 76.2 Å². The van der Waals surface area contributed by atoms with Crippen molar-refractivity contribution in [3.63, 3.8) is 0 Å². The van der Waals surface area contributed by atoms with Crippen LogP contribution in [0.5, 0.6) is 34.5 Å². The van der Waals surface area contributed by atoms with Gasteiger partial charge in [-0.2, -0.15) is 0 Å². The Morgan fingerprint density at radius 3 is 2.36 bits per heavy atom. The van der Waals surface area contributed by atoms with Gasteiger partial charge in [0.05, 0.1) is 43.1 Å². The van der Waals surface area contributed by atoms with Crippen LogP contribution in [0.1, 0.15) is 43.5 Å². The maximum atomic E-state index is 14.0. The Bertz CT molecular complexity index is 2010. The molecule has 6 rings (SSSR count). The summed E-state index contributed by atoms with van der Waals surface area (Å²) in [4.78, 5) is 31.8. The molecule has 11 nitrogen and oxygen atoms in total. The number of carbonyl (C=O) groups is 1. The molecule has 0 unspecified atom stereocenters. The SMILES string of the molecule is CCOc1ccc([C@@H]2C(C(=O)OC)=CN=c3s/c(=C\c4ccc(OCc5ccc6c(c5)OCO6)c(OCC)c4)c(=O)n32)cc1OCC. The largest absolute Gasteiger partial charge is 0.490 e. The summed E-state index contributed by atoms with van der Waals surface area (Å²) in [7, 11) is 1.30. The van der Waals surface area contributed by atoms with Crippen LogP contribution >= 0.6 is 11.3 Å². The molecule has 0 N–H and O–H groups in total. The lowest BCUT2D eigenvalue weighted by molar-refractivity contribution is -0.136. The van der Waals surface area contributed by atoms with Crippen LogP contribution < -0.4 is 43.3 Å². The van der Waals surface area contributed by atoms with Gasteiger partial charge in [0, 0.05) is 6.20 Å². The van der Waals surface area contributed by atoms with Crippen molar-refractivity contribution < 1.29 is 38.0 Å². The Kier molecular flexibility index (Phi) is 9.48. The minimum absolute atomic E-state index is 0.205. The van der Waals surface area contributed by atoms with Gasteiger partial charge in [0.25, 0.3) is 5.56 Å². The lowest BCUT2D eigenvalue weighted by Crippen LogP contribution is -2.39. The molecule has 1 atom stereocenters. The second-order valence-corrected chi connectivity index (χ2v) is 11.4. The number of methoxy groups -OCH3 is 1. The smallest absolute Gasteiger partial charge is 0.337 e. The Labute approximate surface area is 274 Å². The fraction of sp³-hybridized carbons (Fsp3) is 0.286. The second-order valence-electron chi connectivity index (χ2n) is 10.4. The van der Waals surface area contributed by atoms with Gasteiger partial charge in [0.15, 0.2) is 39.3 Å². The topological polar surface area (TPSA) is 116 Å². The zero-order valence-electron chi connectivity index (χ0n) is 26.4. The lowest BCUT2D eigenvalue weighted by Gasteiger charge is -2.23.